The van der Waals surface area contributed by atoms with Gasteiger partial charge < -0.3 is 14.6 Å². The van der Waals surface area contributed by atoms with E-state index in [-0.39, 0.29) is 0 Å². The van der Waals surface area contributed by atoms with Crippen LogP contribution in [0.4, 0.5) is 0 Å². The average molecular weight is 260 g/mol. The van der Waals surface area contributed by atoms with Crippen LogP contribution in [0.25, 0.3) is 10.9 Å². The van der Waals surface area contributed by atoms with Crippen LogP contribution in [-0.2, 0) is 17.7 Å². The number of hydrogen-bond acceptors (Lipinski definition) is 2. The number of para-hydroxylation sites is 1. The van der Waals surface area contributed by atoms with Crippen molar-refractivity contribution in [1.82, 2.24) is 9.88 Å². The fraction of sp³-hybridized carbons (Fsp3) is 0.500. The first kappa shape index (κ1) is 14.1. The molecule has 0 aliphatic carbocycles. The van der Waals surface area contributed by atoms with Gasteiger partial charge in [0.1, 0.15) is 0 Å². The second kappa shape index (κ2) is 7.31. The molecule has 104 valence electrons. The highest BCUT2D eigenvalue weighted by molar-refractivity contribution is 5.84. The molecule has 0 atom stereocenters. The number of nitrogens with zero attached hydrogens (tertiary/aromatic N) is 1. The van der Waals surface area contributed by atoms with Gasteiger partial charge in [-0.05, 0) is 38.1 Å². The molecule has 2 rings (SSSR count). The predicted molar refractivity (Wildman–Crippen MR) is 80.7 cm³/mol. The highest BCUT2D eigenvalue weighted by Crippen LogP contribution is 2.21. The van der Waals surface area contributed by atoms with E-state index in [0.717, 1.165) is 39.1 Å². The lowest BCUT2D eigenvalue weighted by Gasteiger charge is -2.05. The van der Waals surface area contributed by atoms with Crippen molar-refractivity contribution < 1.29 is 4.74 Å². The number of fused-ring (bicyclic) bond motifs is 1. The largest absolute Gasteiger partial charge is 0.380 e. The molecule has 0 aliphatic heterocycles. The summed E-state index contributed by atoms with van der Waals surface area (Å²) in [6.07, 6.45) is 4.43. The van der Waals surface area contributed by atoms with Crippen molar-refractivity contribution in [2.45, 2.75) is 26.3 Å². The number of nitrogens with one attached hydrogen (secondary N) is 1. The molecule has 0 saturated heterocycles. The number of aromatic nitrogens is 1. The van der Waals surface area contributed by atoms with Crippen LogP contribution < -0.4 is 5.32 Å². The maximum absolute atomic E-state index is 5.59. The van der Waals surface area contributed by atoms with Crippen LogP contribution in [0.1, 0.15) is 18.9 Å². The van der Waals surface area contributed by atoms with Crippen molar-refractivity contribution in [3.63, 3.8) is 0 Å². The molecular formula is C16H24N2O. The molecule has 3 nitrogen and oxygen atoms in total. The molecule has 3 heteroatoms. The SMILES string of the molecule is CCCOCCn1cc(CCNC)c2ccccc21. The Bertz CT molecular complexity index is 504. The molecule has 0 radical (unpaired) electrons. The highest BCUT2D eigenvalue weighted by Gasteiger charge is 2.07. The van der Waals surface area contributed by atoms with E-state index in [9.17, 15) is 0 Å². The van der Waals surface area contributed by atoms with Crippen LogP contribution >= 0.6 is 0 Å². The van der Waals surface area contributed by atoms with E-state index in [0.29, 0.717) is 0 Å². The number of ether oxygens (including phenoxy) is 1. The van der Waals surface area contributed by atoms with E-state index >= 15 is 0 Å². The van der Waals surface area contributed by atoms with Crippen molar-refractivity contribution in [3.8, 4) is 0 Å². The lowest BCUT2D eigenvalue weighted by Crippen LogP contribution is -2.10. The van der Waals surface area contributed by atoms with Crippen molar-refractivity contribution in [3.05, 3.63) is 36.0 Å². The summed E-state index contributed by atoms with van der Waals surface area (Å²) in [5.74, 6) is 0. The van der Waals surface area contributed by atoms with Crippen molar-refractivity contribution in [1.29, 1.82) is 0 Å². The zero-order valence-corrected chi connectivity index (χ0v) is 12.0. The van der Waals surface area contributed by atoms with Gasteiger partial charge in [0.25, 0.3) is 0 Å². The molecule has 1 heterocycles. The smallest absolute Gasteiger partial charge is 0.0645 e. The summed E-state index contributed by atoms with van der Waals surface area (Å²) in [5.41, 5.74) is 2.73. The van der Waals surface area contributed by atoms with Crippen molar-refractivity contribution in [2.75, 3.05) is 26.8 Å². The summed E-state index contributed by atoms with van der Waals surface area (Å²) >= 11 is 0. The molecule has 0 saturated carbocycles. The van der Waals surface area contributed by atoms with Crippen molar-refractivity contribution in [2.24, 2.45) is 0 Å². The van der Waals surface area contributed by atoms with Gasteiger partial charge in [-0.15, -0.1) is 0 Å². The molecule has 1 aromatic heterocycles. The Morgan fingerprint density at radius 3 is 2.84 bits per heavy atom. The molecule has 2 aromatic rings. The summed E-state index contributed by atoms with van der Waals surface area (Å²) in [4.78, 5) is 0. The molecular weight excluding hydrogens is 236 g/mol. The lowest BCUT2D eigenvalue weighted by atomic mass is 10.1. The van der Waals surface area contributed by atoms with Crippen LogP contribution in [0, 0.1) is 0 Å². The van der Waals surface area contributed by atoms with Gasteiger partial charge in [0.05, 0.1) is 6.61 Å². The molecule has 0 aliphatic rings. The first-order valence-corrected chi connectivity index (χ1v) is 7.16. The third kappa shape index (κ3) is 3.58. The van der Waals surface area contributed by atoms with Crippen LogP contribution in [0.3, 0.4) is 0 Å². The average Bonchev–Trinajstić information content (AvgIpc) is 2.80. The summed E-state index contributed by atoms with van der Waals surface area (Å²) in [7, 11) is 2.00. The molecule has 1 N–H and O–H groups in total. The topological polar surface area (TPSA) is 26.2 Å². The normalized spacial score (nSPS) is 11.3. The van der Waals surface area contributed by atoms with E-state index in [1.165, 1.54) is 16.5 Å². The van der Waals surface area contributed by atoms with Gasteiger partial charge in [-0.25, -0.2) is 0 Å². The maximum Gasteiger partial charge on any atom is 0.0645 e. The summed E-state index contributed by atoms with van der Waals surface area (Å²) in [5, 5.41) is 4.58. The predicted octanol–water partition coefficient (Wildman–Crippen LogP) is 2.83. The van der Waals surface area contributed by atoms with Gasteiger partial charge in [0, 0.05) is 30.3 Å². The van der Waals surface area contributed by atoms with E-state index < -0.39 is 0 Å². The van der Waals surface area contributed by atoms with E-state index in [4.69, 9.17) is 4.74 Å². The van der Waals surface area contributed by atoms with Gasteiger partial charge in [-0.3, -0.25) is 0 Å². The Hall–Kier alpha value is -1.32. The molecule has 0 spiro atoms. The molecule has 0 fully saturated rings. The summed E-state index contributed by atoms with van der Waals surface area (Å²) in [6, 6.07) is 8.62. The standard InChI is InChI=1S/C16H24N2O/c1-3-11-19-12-10-18-13-14(8-9-17-2)15-6-4-5-7-16(15)18/h4-7,13,17H,3,8-12H2,1-2H3. The van der Waals surface area contributed by atoms with Crippen LogP contribution in [0.5, 0.6) is 0 Å². The van der Waals surface area contributed by atoms with E-state index in [2.05, 4.69) is 47.3 Å². The van der Waals surface area contributed by atoms with Gasteiger partial charge in [-0.2, -0.15) is 0 Å². The van der Waals surface area contributed by atoms with E-state index in [1.807, 2.05) is 7.05 Å². The fourth-order valence-corrected chi connectivity index (χ4v) is 2.38. The number of hydrogen-bond donors (Lipinski definition) is 1. The first-order valence-electron chi connectivity index (χ1n) is 7.16. The highest BCUT2D eigenvalue weighted by atomic mass is 16.5. The second-order valence-electron chi connectivity index (χ2n) is 4.83. The van der Waals surface area contributed by atoms with Crippen LogP contribution in [-0.4, -0.2) is 31.4 Å². The minimum Gasteiger partial charge on any atom is -0.380 e. The Morgan fingerprint density at radius 2 is 2.05 bits per heavy atom. The Labute approximate surface area is 115 Å². The zero-order valence-electron chi connectivity index (χ0n) is 12.0. The van der Waals surface area contributed by atoms with Crippen LogP contribution in [0.15, 0.2) is 30.5 Å². The zero-order chi connectivity index (χ0) is 13.5. The molecule has 19 heavy (non-hydrogen) atoms. The van der Waals surface area contributed by atoms with Crippen molar-refractivity contribution >= 4 is 10.9 Å². The Morgan fingerprint density at radius 1 is 1.21 bits per heavy atom. The fourth-order valence-electron chi connectivity index (χ4n) is 2.38. The molecule has 0 bridgehead atoms. The van der Waals surface area contributed by atoms with Crippen LogP contribution in [0.2, 0.25) is 0 Å². The lowest BCUT2D eigenvalue weighted by molar-refractivity contribution is 0.127. The summed E-state index contributed by atoms with van der Waals surface area (Å²) in [6.45, 7) is 5.73. The Kier molecular flexibility index (Phi) is 5.43. The number of likely N-dealkylation sites (N-methyl/N-ethyl adjacent to an activating group) is 1. The Balaban J connectivity index is 2.13. The number of rotatable bonds is 8. The summed E-state index contributed by atoms with van der Waals surface area (Å²) < 4.78 is 7.91. The second-order valence-corrected chi connectivity index (χ2v) is 4.83. The third-order valence-corrected chi connectivity index (χ3v) is 3.34. The maximum atomic E-state index is 5.59. The van der Waals surface area contributed by atoms with Gasteiger partial charge in [0.15, 0.2) is 0 Å². The third-order valence-electron chi connectivity index (χ3n) is 3.34. The van der Waals surface area contributed by atoms with E-state index in [1.54, 1.807) is 0 Å². The number of benzene rings is 1. The minimum absolute atomic E-state index is 0.790. The van der Waals surface area contributed by atoms with Gasteiger partial charge in [0.2, 0.25) is 0 Å². The van der Waals surface area contributed by atoms with Gasteiger partial charge in [-0.1, -0.05) is 25.1 Å². The minimum atomic E-state index is 0.790. The molecule has 0 unspecified atom stereocenters. The monoisotopic (exact) mass is 260 g/mol. The first-order chi connectivity index (χ1) is 9.36. The quantitative estimate of drug-likeness (QED) is 0.739. The molecule has 1 aromatic carbocycles. The molecule has 0 amide bonds. The van der Waals surface area contributed by atoms with Gasteiger partial charge >= 0.3 is 0 Å².